The lowest BCUT2D eigenvalue weighted by molar-refractivity contribution is -0.143. The van der Waals surface area contributed by atoms with E-state index in [1.807, 2.05) is 30.3 Å². The second-order valence-corrected chi connectivity index (χ2v) is 6.08. The van der Waals surface area contributed by atoms with Crippen molar-refractivity contribution in [2.24, 2.45) is 5.92 Å². The summed E-state index contributed by atoms with van der Waals surface area (Å²) >= 11 is 0. The fourth-order valence-corrected chi connectivity index (χ4v) is 1.87. The normalized spacial score (nSPS) is 12.2. The highest BCUT2D eigenvalue weighted by Gasteiger charge is 2.18. The van der Waals surface area contributed by atoms with Gasteiger partial charge in [0.05, 0.1) is 12.1 Å². The quantitative estimate of drug-likeness (QED) is 0.577. The maximum atomic E-state index is 12.0. The van der Waals surface area contributed by atoms with E-state index in [0.717, 1.165) is 17.7 Å². The minimum atomic E-state index is -0.680. The average Bonchev–Trinajstić information content (AvgIpc) is 2.56. The minimum absolute atomic E-state index is 0.0368. The number of rotatable bonds is 8. The van der Waals surface area contributed by atoms with Crippen molar-refractivity contribution in [1.82, 2.24) is 5.32 Å². The highest BCUT2D eigenvalue weighted by molar-refractivity contribution is 5.91. The largest absolute Gasteiger partial charge is 0.460 e. The molecule has 0 heterocycles. The lowest BCUT2D eigenvalue weighted by atomic mass is 10.1. The molecule has 1 aromatic carbocycles. The van der Waals surface area contributed by atoms with Gasteiger partial charge in [-0.1, -0.05) is 44.2 Å². The first-order valence-electron chi connectivity index (χ1n) is 8.20. The number of carbonyl (C=O) groups excluding carboxylic acids is 3. The maximum absolute atomic E-state index is 12.0. The molecule has 1 amide bonds. The predicted octanol–water partition coefficient (Wildman–Crippen LogP) is 2.55. The second-order valence-electron chi connectivity index (χ2n) is 6.08. The van der Waals surface area contributed by atoms with Gasteiger partial charge in [-0.25, -0.2) is 9.59 Å². The maximum Gasteiger partial charge on any atom is 0.331 e. The Bertz CT molecular complexity index is 608. The molecule has 6 heteroatoms. The third-order valence-corrected chi connectivity index (χ3v) is 3.14. The van der Waals surface area contributed by atoms with E-state index >= 15 is 0 Å². The van der Waals surface area contributed by atoms with Crippen LogP contribution in [0.15, 0.2) is 42.5 Å². The topological polar surface area (TPSA) is 81.7 Å². The molecule has 0 aliphatic rings. The van der Waals surface area contributed by atoms with E-state index in [9.17, 15) is 14.4 Å². The molecule has 0 aromatic heterocycles. The van der Waals surface area contributed by atoms with E-state index in [2.05, 4.69) is 5.32 Å². The first kappa shape index (κ1) is 20.4. The summed E-state index contributed by atoms with van der Waals surface area (Å²) in [6.45, 7) is 6.96. The van der Waals surface area contributed by atoms with Crippen molar-refractivity contribution in [2.75, 3.05) is 6.61 Å². The van der Waals surface area contributed by atoms with E-state index in [-0.39, 0.29) is 24.5 Å². The van der Waals surface area contributed by atoms with Crippen LogP contribution in [-0.4, -0.2) is 30.6 Å². The molecular weight excluding hydrogens is 322 g/mol. The summed E-state index contributed by atoms with van der Waals surface area (Å²) in [6.07, 6.45) is 1.77. The zero-order valence-corrected chi connectivity index (χ0v) is 15.0. The number of ether oxygens (including phenoxy) is 2. The van der Waals surface area contributed by atoms with Gasteiger partial charge in [0.15, 0.2) is 0 Å². The van der Waals surface area contributed by atoms with Crippen molar-refractivity contribution in [3.63, 3.8) is 0 Å². The van der Waals surface area contributed by atoms with E-state index in [1.165, 1.54) is 0 Å². The Morgan fingerprint density at radius 2 is 1.60 bits per heavy atom. The summed E-state index contributed by atoms with van der Waals surface area (Å²) in [5.74, 6) is -1.62. The smallest absolute Gasteiger partial charge is 0.331 e. The van der Waals surface area contributed by atoms with Crippen molar-refractivity contribution >= 4 is 17.8 Å². The first-order chi connectivity index (χ1) is 11.8. The zero-order chi connectivity index (χ0) is 18.8. The van der Waals surface area contributed by atoms with Gasteiger partial charge in [0.25, 0.3) is 0 Å². The van der Waals surface area contributed by atoms with E-state index in [4.69, 9.17) is 9.47 Å². The molecule has 1 atom stereocenters. The van der Waals surface area contributed by atoms with Gasteiger partial charge in [0, 0.05) is 18.1 Å². The molecule has 1 rings (SSSR count). The standard InChI is InChI=1S/C19H25NO5/c1-13(2)19(23)20-16(15-8-6-5-7-9-15)12-24-17(21)10-11-18(22)25-14(3)4/h5-11,13-14,16H,12H2,1-4H3,(H,20,23)/t16-/m1/s1. The van der Waals surface area contributed by atoms with Crippen LogP contribution < -0.4 is 5.32 Å². The van der Waals surface area contributed by atoms with Crippen LogP contribution in [0, 0.1) is 5.92 Å². The zero-order valence-electron chi connectivity index (χ0n) is 15.0. The van der Waals surface area contributed by atoms with Gasteiger partial charge in [-0.15, -0.1) is 0 Å². The molecule has 0 spiro atoms. The van der Waals surface area contributed by atoms with Gasteiger partial charge >= 0.3 is 11.9 Å². The molecule has 0 aliphatic heterocycles. The molecule has 0 saturated heterocycles. The molecule has 1 N–H and O–H groups in total. The molecular formula is C19H25NO5. The SMILES string of the molecule is CC(C)OC(=O)C=CC(=O)OC[C@@H](NC(=O)C(C)C)c1ccccc1. The average molecular weight is 347 g/mol. The van der Waals surface area contributed by atoms with Crippen molar-refractivity contribution in [3.8, 4) is 0 Å². The van der Waals surface area contributed by atoms with Crippen molar-refractivity contribution < 1.29 is 23.9 Å². The molecule has 0 saturated carbocycles. The predicted molar refractivity (Wildman–Crippen MR) is 93.5 cm³/mol. The summed E-state index contributed by atoms with van der Waals surface area (Å²) in [4.78, 5) is 35.1. The third kappa shape index (κ3) is 8.15. The fourth-order valence-electron chi connectivity index (χ4n) is 1.87. The van der Waals surface area contributed by atoms with Crippen LogP contribution in [0.1, 0.15) is 39.3 Å². The van der Waals surface area contributed by atoms with Crippen molar-refractivity contribution in [1.29, 1.82) is 0 Å². The Balaban J connectivity index is 2.66. The van der Waals surface area contributed by atoms with Crippen LogP contribution in [0.4, 0.5) is 0 Å². The monoisotopic (exact) mass is 347 g/mol. The molecule has 0 radical (unpaired) electrons. The number of nitrogens with one attached hydrogen (secondary N) is 1. The van der Waals surface area contributed by atoms with E-state index in [0.29, 0.717) is 0 Å². The summed E-state index contributed by atoms with van der Waals surface area (Å²) in [6, 6.07) is 8.77. The third-order valence-electron chi connectivity index (χ3n) is 3.14. The Labute approximate surface area is 148 Å². The molecule has 1 aromatic rings. The Morgan fingerprint density at radius 1 is 1.00 bits per heavy atom. The lowest BCUT2D eigenvalue weighted by Crippen LogP contribution is -2.34. The van der Waals surface area contributed by atoms with Crippen LogP contribution in [0.5, 0.6) is 0 Å². The lowest BCUT2D eigenvalue weighted by Gasteiger charge is -2.20. The van der Waals surface area contributed by atoms with Gasteiger partial charge in [0.2, 0.25) is 5.91 Å². The van der Waals surface area contributed by atoms with Gasteiger partial charge in [-0.3, -0.25) is 4.79 Å². The van der Waals surface area contributed by atoms with Crippen LogP contribution in [0.2, 0.25) is 0 Å². The number of hydrogen-bond acceptors (Lipinski definition) is 5. The summed E-state index contributed by atoms with van der Waals surface area (Å²) < 4.78 is 10.0. The molecule has 0 aliphatic carbocycles. The number of amides is 1. The van der Waals surface area contributed by atoms with Gasteiger partial charge < -0.3 is 14.8 Å². The summed E-state index contributed by atoms with van der Waals surface area (Å²) in [7, 11) is 0. The summed E-state index contributed by atoms with van der Waals surface area (Å²) in [5, 5.41) is 2.85. The first-order valence-corrected chi connectivity index (χ1v) is 8.20. The van der Waals surface area contributed by atoms with E-state index in [1.54, 1.807) is 27.7 Å². The minimum Gasteiger partial charge on any atom is -0.460 e. The highest BCUT2D eigenvalue weighted by atomic mass is 16.5. The summed E-state index contributed by atoms with van der Waals surface area (Å²) in [5.41, 5.74) is 0.826. The van der Waals surface area contributed by atoms with Gasteiger partial charge in [-0.2, -0.15) is 0 Å². The number of carbonyl (C=O) groups is 3. The highest BCUT2D eigenvalue weighted by Crippen LogP contribution is 2.14. The number of hydrogen-bond donors (Lipinski definition) is 1. The van der Waals surface area contributed by atoms with Crippen molar-refractivity contribution in [2.45, 2.75) is 39.8 Å². The molecule has 6 nitrogen and oxygen atoms in total. The molecule has 0 fully saturated rings. The van der Waals surface area contributed by atoms with E-state index < -0.39 is 18.0 Å². The van der Waals surface area contributed by atoms with Crippen LogP contribution in [-0.2, 0) is 23.9 Å². The Morgan fingerprint density at radius 3 is 2.16 bits per heavy atom. The van der Waals surface area contributed by atoms with Crippen LogP contribution in [0.3, 0.4) is 0 Å². The van der Waals surface area contributed by atoms with Gasteiger partial charge in [0.1, 0.15) is 6.61 Å². The number of esters is 2. The second kappa shape index (κ2) is 10.3. The number of benzene rings is 1. The van der Waals surface area contributed by atoms with Crippen LogP contribution >= 0.6 is 0 Å². The van der Waals surface area contributed by atoms with Gasteiger partial charge in [-0.05, 0) is 19.4 Å². The molecule has 0 bridgehead atoms. The van der Waals surface area contributed by atoms with Crippen LogP contribution in [0.25, 0.3) is 0 Å². The fraction of sp³-hybridized carbons (Fsp3) is 0.421. The molecule has 136 valence electrons. The van der Waals surface area contributed by atoms with Crippen molar-refractivity contribution in [3.05, 3.63) is 48.0 Å². The Kier molecular flexibility index (Phi) is 8.39. The molecule has 0 unspecified atom stereocenters. The molecule has 25 heavy (non-hydrogen) atoms. The Hall–Kier alpha value is -2.63.